The quantitative estimate of drug-likeness (QED) is 0.624. The van der Waals surface area contributed by atoms with Gasteiger partial charge in [0.15, 0.2) is 0 Å². The fraction of sp³-hybridized carbons (Fsp3) is 0.917. The summed E-state index contributed by atoms with van der Waals surface area (Å²) in [5.74, 6) is 0.685. The van der Waals surface area contributed by atoms with Gasteiger partial charge in [0.1, 0.15) is 5.67 Å². The molecule has 4 aliphatic rings. The number of esters is 1. The Balaban J connectivity index is 1.96. The smallest absolute Gasteiger partial charge is 0.311 e. The zero-order valence-electron chi connectivity index (χ0n) is 9.09. The van der Waals surface area contributed by atoms with E-state index in [4.69, 9.17) is 4.74 Å². The van der Waals surface area contributed by atoms with Crippen molar-refractivity contribution in [2.45, 2.75) is 44.2 Å². The van der Waals surface area contributed by atoms with E-state index in [1.165, 1.54) is 7.11 Å². The van der Waals surface area contributed by atoms with E-state index < -0.39 is 11.1 Å². The average Bonchev–Trinajstić information content (AvgIpc) is 2.12. The summed E-state index contributed by atoms with van der Waals surface area (Å²) in [6, 6.07) is 0. The molecule has 0 heterocycles. The molecule has 4 aliphatic carbocycles. The summed E-state index contributed by atoms with van der Waals surface area (Å²) in [4.78, 5) is 11.8. The van der Waals surface area contributed by atoms with Crippen molar-refractivity contribution in [1.29, 1.82) is 0 Å². The van der Waals surface area contributed by atoms with Gasteiger partial charge < -0.3 is 4.74 Å². The summed E-state index contributed by atoms with van der Waals surface area (Å²) < 4.78 is 19.3. The van der Waals surface area contributed by atoms with E-state index in [0.717, 1.165) is 19.3 Å². The number of methoxy groups -OCH3 is 1. The fourth-order valence-corrected chi connectivity index (χ4v) is 4.61. The minimum absolute atomic E-state index is 0.168. The molecule has 0 amide bonds. The third-order valence-electron chi connectivity index (χ3n) is 4.61. The Morgan fingerprint density at radius 3 is 2.33 bits per heavy atom. The van der Waals surface area contributed by atoms with E-state index in [-0.39, 0.29) is 5.97 Å². The van der Waals surface area contributed by atoms with Crippen molar-refractivity contribution in [3.05, 3.63) is 0 Å². The van der Waals surface area contributed by atoms with Crippen molar-refractivity contribution in [3.8, 4) is 0 Å². The van der Waals surface area contributed by atoms with Gasteiger partial charge in [-0.2, -0.15) is 0 Å². The summed E-state index contributed by atoms with van der Waals surface area (Å²) in [6.45, 7) is 0. The molecule has 0 aromatic rings. The van der Waals surface area contributed by atoms with Gasteiger partial charge in [-0.05, 0) is 50.4 Å². The van der Waals surface area contributed by atoms with Crippen molar-refractivity contribution >= 4 is 5.97 Å². The topological polar surface area (TPSA) is 26.3 Å². The standard InChI is InChI=1S/C12H17FO2/c1-15-10(14)11-3-8-2-9(4-11)6-12(13,5-8)7-11/h8-9H,2-7H2,1H3/t8-,9+,11?,12?. The van der Waals surface area contributed by atoms with Crippen LogP contribution in [0.2, 0.25) is 0 Å². The SMILES string of the molecule is COC(=O)C12C[C@@H]3C[C@@H](CC(F)(C3)C1)C2. The molecule has 4 fully saturated rings. The van der Waals surface area contributed by atoms with Crippen molar-refractivity contribution in [1.82, 2.24) is 0 Å². The van der Waals surface area contributed by atoms with Gasteiger partial charge >= 0.3 is 5.97 Å². The van der Waals surface area contributed by atoms with Crippen molar-refractivity contribution in [2.75, 3.05) is 7.11 Å². The Kier molecular flexibility index (Phi) is 1.76. The lowest BCUT2D eigenvalue weighted by Gasteiger charge is -2.57. The molecule has 0 saturated heterocycles. The number of alkyl halides is 1. The first-order valence-electron chi connectivity index (χ1n) is 5.83. The monoisotopic (exact) mass is 212 g/mol. The largest absolute Gasteiger partial charge is 0.469 e. The highest BCUT2D eigenvalue weighted by Gasteiger charge is 2.61. The summed E-state index contributed by atoms with van der Waals surface area (Å²) in [7, 11) is 1.42. The van der Waals surface area contributed by atoms with Gasteiger partial charge in [0.2, 0.25) is 0 Å². The lowest BCUT2D eigenvalue weighted by molar-refractivity contribution is -0.180. The highest BCUT2D eigenvalue weighted by atomic mass is 19.1. The van der Waals surface area contributed by atoms with Crippen molar-refractivity contribution < 1.29 is 13.9 Å². The van der Waals surface area contributed by atoms with Crippen LogP contribution >= 0.6 is 0 Å². The van der Waals surface area contributed by atoms with Crippen LogP contribution in [-0.4, -0.2) is 18.7 Å². The first kappa shape index (κ1) is 9.61. The molecular weight excluding hydrogens is 195 g/mol. The van der Waals surface area contributed by atoms with E-state index in [0.29, 0.717) is 31.1 Å². The highest BCUT2D eigenvalue weighted by molar-refractivity contribution is 5.77. The van der Waals surface area contributed by atoms with Crippen LogP contribution in [0.1, 0.15) is 38.5 Å². The maximum atomic E-state index is 14.4. The molecule has 4 atom stereocenters. The maximum Gasteiger partial charge on any atom is 0.311 e. The van der Waals surface area contributed by atoms with E-state index >= 15 is 0 Å². The van der Waals surface area contributed by atoms with Gasteiger partial charge in [-0.15, -0.1) is 0 Å². The van der Waals surface area contributed by atoms with Gasteiger partial charge in [-0.25, -0.2) is 4.39 Å². The Morgan fingerprint density at radius 2 is 1.87 bits per heavy atom. The number of carbonyl (C=O) groups is 1. The van der Waals surface area contributed by atoms with Crippen LogP contribution in [0, 0.1) is 17.3 Å². The van der Waals surface area contributed by atoms with E-state index in [9.17, 15) is 9.18 Å². The third kappa shape index (κ3) is 1.25. The lowest BCUT2D eigenvalue weighted by Crippen LogP contribution is -2.56. The molecule has 2 nitrogen and oxygen atoms in total. The second-order valence-corrected chi connectivity index (χ2v) is 5.88. The van der Waals surface area contributed by atoms with Crippen LogP contribution in [0.15, 0.2) is 0 Å². The van der Waals surface area contributed by atoms with Crippen LogP contribution in [0.25, 0.3) is 0 Å². The van der Waals surface area contributed by atoms with Crippen LogP contribution in [-0.2, 0) is 9.53 Å². The van der Waals surface area contributed by atoms with Gasteiger partial charge in [-0.3, -0.25) is 4.79 Å². The second-order valence-electron chi connectivity index (χ2n) is 5.88. The predicted molar refractivity (Wildman–Crippen MR) is 53.0 cm³/mol. The van der Waals surface area contributed by atoms with E-state index in [1.807, 2.05) is 0 Å². The van der Waals surface area contributed by atoms with E-state index in [2.05, 4.69) is 0 Å². The first-order chi connectivity index (χ1) is 7.05. The Bertz CT molecular complexity index is 299. The molecule has 0 spiro atoms. The first-order valence-corrected chi connectivity index (χ1v) is 5.83. The second kappa shape index (κ2) is 2.74. The zero-order valence-corrected chi connectivity index (χ0v) is 9.09. The average molecular weight is 212 g/mol. The molecule has 0 aromatic carbocycles. The Labute approximate surface area is 89.2 Å². The summed E-state index contributed by atoms with van der Waals surface area (Å²) in [6.07, 6.45) is 4.64. The number of carbonyl (C=O) groups excluding carboxylic acids is 1. The Hall–Kier alpha value is -0.600. The number of ether oxygens (including phenoxy) is 1. The molecule has 4 bridgehead atoms. The van der Waals surface area contributed by atoms with Gasteiger partial charge in [0, 0.05) is 0 Å². The molecule has 4 rings (SSSR count). The molecule has 4 saturated carbocycles. The van der Waals surface area contributed by atoms with E-state index in [1.54, 1.807) is 0 Å². The fourth-order valence-electron chi connectivity index (χ4n) is 4.61. The molecule has 0 aliphatic heterocycles. The zero-order chi connectivity index (χ0) is 10.7. The molecule has 84 valence electrons. The van der Waals surface area contributed by atoms with Crippen molar-refractivity contribution in [2.24, 2.45) is 17.3 Å². The molecule has 15 heavy (non-hydrogen) atoms. The normalized spacial score (nSPS) is 51.9. The Morgan fingerprint density at radius 1 is 1.27 bits per heavy atom. The van der Waals surface area contributed by atoms with Gasteiger partial charge in [0.05, 0.1) is 12.5 Å². The molecule has 2 unspecified atom stereocenters. The summed E-state index contributed by atoms with van der Waals surface area (Å²) in [5.41, 5.74) is -1.52. The van der Waals surface area contributed by atoms with Crippen LogP contribution in [0.3, 0.4) is 0 Å². The third-order valence-corrected chi connectivity index (χ3v) is 4.61. The minimum atomic E-state index is -1.06. The van der Waals surface area contributed by atoms with Gasteiger partial charge in [-0.1, -0.05) is 0 Å². The molecule has 0 radical (unpaired) electrons. The van der Waals surface area contributed by atoms with Crippen molar-refractivity contribution in [3.63, 3.8) is 0 Å². The molecular formula is C12H17FO2. The van der Waals surface area contributed by atoms with Crippen LogP contribution in [0.5, 0.6) is 0 Å². The minimum Gasteiger partial charge on any atom is -0.469 e. The van der Waals surface area contributed by atoms with Crippen LogP contribution in [0.4, 0.5) is 4.39 Å². The maximum absolute atomic E-state index is 14.4. The molecule has 3 heteroatoms. The predicted octanol–water partition coefficient (Wildman–Crippen LogP) is 2.47. The van der Waals surface area contributed by atoms with Gasteiger partial charge in [0.25, 0.3) is 0 Å². The summed E-state index contributed by atoms with van der Waals surface area (Å²) in [5, 5.41) is 0. The number of hydrogen-bond acceptors (Lipinski definition) is 2. The van der Waals surface area contributed by atoms with Crippen LogP contribution < -0.4 is 0 Å². The molecule has 0 aromatic heterocycles. The summed E-state index contributed by atoms with van der Waals surface area (Å²) >= 11 is 0. The highest BCUT2D eigenvalue weighted by Crippen LogP contribution is 2.63. The number of halogens is 1. The lowest BCUT2D eigenvalue weighted by atomic mass is 9.48. The number of rotatable bonds is 1. The molecule has 0 N–H and O–H groups in total. The number of hydrogen-bond donors (Lipinski definition) is 0.